The van der Waals surface area contributed by atoms with Crippen molar-refractivity contribution in [3.8, 4) is 11.6 Å². The van der Waals surface area contributed by atoms with Gasteiger partial charge in [-0.3, -0.25) is 4.98 Å². The van der Waals surface area contributed by atoms with Crippen LogP contribution in [0.25, 0.3) is 0 Å². The predicted molar refractivity (Wildman–Crippen MR) is 56.1 cm³/mol. The minimum Gasteiger partial charge on any atom is -0.436 e. The lowest BCUT2D eigenvalue weighted by Gasteiger charge is -2.04. The van der Waals surface area contributed by atoms with Crippen molar-refractivity contribution in [2.75, 3.05) is 0 Å². The SMILES string of the molecule is Cc1ccc(Oc2ncncc2Cl)cn1. The monoisotopic (exact) mass is 221 g/mol. The van der Waals surface area contributed by atoms with E-state index in [0.29, 0.717) is 16.7 Å². The van der Waals surface area contributed by atoms with E-state index >= 15 is 0 Å². The molecule has 0 saturated carbocycles. The maximum atomic E-state index is 5.84. The van der Waals surface area contributed by atoms with E-state index in [1.54, 1.807) is 12.3 Å². The van der Waals surface area contributed by atoms with Crippen molar-refractivity contribution < 1.29 is 4.74 Å². The molecule has 76 valence electrons. The Morgan fingerprint density at radius 1 is 1.20 bits per heavy atom. The third kappa shape index (κ3) is 2.41. The Bertz CT molecular complexity index is 458. The first-order valence-electron chi connectivity index (χ1n) is 4.32. The standard InChI is InChI=1S/C10H8ClN3O/c1-7-2-3-8(4-13-7)15-10-9(11)5-12-6-14-10/h2-6H,1H3. The molecule has 2 aromatic rings. The van der Waals surface area contributed by atoms with Crippen molar-refractivity contribution in [3.63, 3.8) is 0 Å². The highest BCUT2D eigenvalue weighted by molar-refractivity contribution is 6.31. The zero-order valence-electron chi connectivity index (χ0n) is 8.01. The fourth-order valence-corrected chi connectivity index (χ4v) is 1.15. The number of ether oxygens (including phenoxy) is 1. The van der Waals surface area contributed by atoms with Crippen molar-refractivity contribution in [2.24, 2.45) is 0 Å². The van der Waals surface area contributed by atoms with Gasteiger partial charge in [0.25, 0.3) is 0 Å². The first-order valence-corrected chi connectivity index (χ1v) is 4.69. The van der Waals surface area contributed by atoms with Crippen LogP contribution < -0.4 is 4.74 Å². The topological polar surface area (TPSA) is 47.9 Å². The molecule has 0 amide bonds. The summed E-state index contributed by atoms with van der Waals surface area (Å²) in [6.45, 7) is 1.90. The highest BCUT2D eigenvalue weighted by atomic mass is 35.5. The Morgan fingerprint density at radius 3 is 2.73 bits per heavy atom. The number of aromatic nitrogens is 3. The van der Waals surface area contributed by atoms with Gasteiger partial charge >= 0.3 is 0 Å². The molecule has 0 spiro atoms. The fourth-order valence-electron chi connectivity index (χ4n) is 1.00. The van der Waals surface area contributed by atoms with Crippen molar-refractivity contribution in [1.29, 1.82) is 0 Å². The molecule has 0 bridgehead atoms. The number of rotatable bonds is 2. The van der Waals surface area contributed by atoms with E-state index in [-0.39, 0.29) is 0 Å². The van der Waals surface area contributed by atoms with Crippen LogP contribution in [0.4, 0.5) is 0 Å². The Labute approximate surface area is 91.9 Å². The van der Waals surface area contributed by atoms with Crippen LogP contribution in [0.3, 0.4) is 0 Å². The maximum absolute atomic E-state index is 5.84. The molecule has 0 fully saturated rings. The van der Waals surface area contributed by atoms with Gasteiger partial charge in [-0.1, -0.05) is 11.6 Å². The van der Waals surface area contributed by atoms with Gasteiger partial charge in [0.2, 0.25) is 5.88 Å². The molecule has 0 saturated heterocycles. The van der Waals surface area contributed by atoms with Crippen LogP contribution in [0, 0.1) is 6.92 Å². The quantitative estimate of drug-likeness (QED) is 0.782. The summed E-state index contributed by atoms with van der Waals surface area (Å²) in [5.74, 6) is 0.929. The summed E-state index contributed by atoms with van der Waals surface area (Å²) in [5.41, 5.74) is 0.927. The van der Waals surface area contributed by atoms with E-state index in [1.807, 2.05) is 13.0 Å². The molecule has 0 atom stereocenters. The Hall–Kier alpha value is -1.68. The highest BCUT2D eigenvalue weighted by Crippen LogP contribution is 2.24. The van der Waals surface area contributed by atoms with Crippen LogP contribution in [0.15, 0.2) is 30.9 Å². The molecule has 4 nitrogen and oxygen atoms in total. The van der Waals surface area contributed by atoms with Crippen molar-refractivity contribution in [3.05, 3.63) is 41.6 Å². The summed E-state index contributed by atoms with van der Waals surface area (Å²) in [6.07, 6.45) is 4.47. The summed E-state index contributed by atoms with van der Waals surface area (Å²) in [6, 6.07) is 3.66. The van der Waals surface area contributed by atoms with Crippen LogP contribution in [0.1, 0.15) is 5.69 Å². The molecule has 0 aliphatic heterocycles. The molecule has 0 aliphatic rings. The summed E-state index contributed by atoms with van der Waals surface area (Å²) in [4.78, 5) is 11.8. The molecule has 2 rings (SSSR count). The van der Waals surface area contributed by atoms with Gasteiger partial charge in [0.05, 0.1) is 12.4 Å². The lowest BCUT2D eigenvalue weighted by molar-refractivity contribution is 0.459. The Morgan fingerprint density at radius 2 is 2.07 bits per heavy atom. The molecular weight excluding hydrogens is 214 g/mol. The van der Waals surface area contributed by atoms with Crippen LogP contribution in [0.5, 0.6) is 11.6 Å². The normalized spacial score (nSPS) is 10.0. The van der Waals surface area contributed by atoms with Crippen LogP contribution in [0.2, 0.25) is 5.02 Å². The molecule has 0 aromatic carbocycles. The zero-order chi connectivity index (χ0) is 10.7. The second kappa shape index (κ2) is 4.23. The third-order valence-corrected chi connectivity index (χ3v) is 1.99. The molecule has 2 heterocycles. The molecular formula is C10H8ClN3O. The van der Waals surface area contributed by atoms with E-state index in [2.05, 4.69) is 15.0 Å². The minimum atomic E-state index is 0.331. The van der Waals surface area contributed by atoms with Gasteiger partial charge in [-0.25, -0.2) is 9.97 Å². The number of hydrogen-bond donors (Lipinski definition) is 0. The number of hydrogen-bond acceptors (Lipinski definition) is 4. The van der Waals surface area contributed by atoms with E-state index in [1.165, 1.54) is 12.5 Å². The Kier molecular flexibility index (Phi) is 2.78. The van der Waals surface area contributed by atoms with E-state index in [0.717, 1.165) is 5.69 Å². The molecule has 0 unspecified atom stereocenters. The number of aryl methyl sites for hydroxylation is 1. The Balaban J connectivity index is 2.22. The molecule has 2 aromatic heterocycles. The molecule has 0 aliphatic carbocycles. The smallest absolute Gasteiger partial charge is 0.241 e. The first kappa shape index (κ1) is 9.86. The van der Waals surface area contributed by atoms with Gasteiger partial charge in [-0.2, -0.15) is 0 Å². The van der Waals surface area contributed by atoms with E-state index < -0.39 is 0 Å². The lowest BCUT2D eigenvalue weighted by Crippen LogP contribution is -1.90. The number of nitrogens with zero attached hydrogens (tertiary/aromatic N) is 3. The van der Waals surface area contributed by atoms with Crippen LogP contribution in [-0.4, -0.2) is 15.0 Å². The van der Waals surface area contributed by atoms with Gasteiger partial charge in [-0.05, 0) is 19.1 Å². The average Bonchev–Trinajstić information content (AvgIpc) is 2.25. The van der Waals surface area contributed by atoms with Crippen LogP contribution >= 0.6 is 11.6 Å². The molecule has 0 N–H and O–H groups in total. The zero-order valence-corrected chi connectivity index (χ0v) is 8.77. The molecule has 15 heavy (non-hydrogen) atoms. The van der Waals surface area contributed by atoms with Gasteiger partial charge in [0.15, 0.2) is 0 Å². The van der Waals surface area contributed by atoms with Crippen LogP contribution in [-0.2, 0) is 0 Å². The predicted octanol–water partition coefficient (Wildman–Crippen LogP) is 2.63. The van der Waals surface area contributed by atoms with Gasteiger partial charge in [0.1, 0.15) is 17.1 Å². The van der Waals surface area contributed by atoms with Gasteiger partial charge in [-0.15, -0.1) is 0 Å². The first-order chi connectivity index (χ1) is 7.25. The second-order valence-electron chi connectivity index (χ2n) is 2.91. The van der Waals surface area contributed by atoms with Gasteiger partial charge < -0.3 is 4.74 Å². The number of pyridine rings is 1. The summed E-state index contributed by atoms with van der Waals surface area (Å²) < 4.78 is 5.42. The number of halogens is 1. The van der Waals surface area contributed by atoms with Crippen molar-refractivity contribution >= 4 is 11.6 Å². The van der Waals surface area contributed by atoms with Crippen molar-refractivity contribution in [2.45, 2.75) is 6.92 Å². The highest BCUT2D eigenvalue weighted by Gasteiger charge is 2.03. The van der Waals surface area contributed by atoms with Gasteiger partial charge in [0, 0.05) is 5.69 Å². The maximum Gasteiger partial charge on any atom is 0.241 e. The lowest BCUT2D eigenvalue weighted by atomic mass is 10.4. The van der Waals surface area contributed by atoms with E-state index in [4.69, 9.17) is 16.3 Å². The second-order valence-corrected chi connectivity index (χ2v) is 3.32. The third-order valence-electron chi connectivity index (χ3n) is 1.73. The van der Waals surface area contributed by atoms with E-state index in [9.17, 15) is 0 Å². The molecule has 5 heteroatoms. The average molecular weight is 222 g/mol. The summed E-state index contributed by atoms with van der Waals surface area (Å²) >= 11 is 5.84. The minimum absolute atomic E-state index is 0.331. The van der Waals surface area contributed by atoms with Crippen molar-refractivity contribution in [1.82, 2.24) is 15.0 Å². The molecule has 0 radical (unpaired) electrons. The summed E-state index contributed by atoms with van der Waals surface area (Å²) in [5, 5.41) is 0.373. The fraction of sp³-hybridized carbons (Fsp3) is 0.100. The summed E-state index contributed by atoms with van der Waals surface area (Å²) in [7, 11) is 0. The largest absolute Gasteiger partial charge is 0.436 e.